The summed E-state index contributed by atoms with van der Waals surface area (Å²) in [6.07, 6.45) is 4.07. The van der Waals surface area contributed by atoms with Gasteiger partial charge >= 0.3 is 0 Å². The summed E-state index contributed by atoms with van der Waals surface area (Å²) in [6.45, 7) is 0. The van der Waals surface area contributed by atoms with E-state index < -0.39 is 15.9 Å². The number of carbonyl (C=O) groups excluding carboxylic acids is 1. The lowest BCUT2D eigenvalue weighted by atomic mass is 10.1. The van der Waals surface area contributed by atoms with Crippen LogP contribution in [0.15, 0.2) is 65.7 Å². The molecule has 0 aliphatic carbocycles. The minimum Gasteiger partial charge on any atom is -0.497 e. The van der Waals surface area contributed by atoms with E-state index in [-0.39, 0.29) is 17.4 Å². The van der Waals surface area contributed by atoms with Crippen molar-refractivity contribution in [3.63, 3.8) is 0 Å². The van der Waals surface area contributed by atoms with Crippen LogP contribution in [0.25, 0.3) is 23.0 Å². The normalized spacial score (nSPS) is 20.9. The average Bonchev–Trinajstić information content (AvgIpc) is 3.49. The molecular formula is C24H21N3O4S3. The van der Waals surface area contributed by atoms with E-state index in [1.54, 1.807) is 17.9 Å². The lowest BCUT2D eigenvalue weighted by Gasteiger charge is -2.20. The summed E-state index contributed by atoms with van der Waals surface area (Å²) in [7, 11) is -1.52. The number of carbonyl (C=O) groups is 1. The van der Waals surface area contributed by atoms with Gasteiger partial charge in [-0.15, -0.1) is 0 Å². The molecule has 1 amide bonds. The van der Waals surface area contributed by atoms with Gasteiger partial charge in [0.05, 0.1) is 40.9 Å². The van der Waals surface area contributed by atoms with Gasteiger partial charge in [0.1, 0.15) is 10.1 Å². The van der Waals surface area contributed by atoms with Crippen molar-refractivity contribution in [2.24, 2.45) is 0 Å². The Labute approximate surface area is 207 Å². The Kier molecular flexibility index (Phi) is 6.05. The average molecular weight is 512 g/mol. The Bertz CT molecular complexity index is 1400. The van der Waals surface area contributed by atoms with Gasteiger partial charge in [-0.3, -0.25) is 9.69 Å². The maximum absolute atomic E-state index is 13.2. The lowest BCUT2D eigenvalue weighted by molar-refractivity contribution is -0.123. The summed E-state index contributed by atoms with van der Waals surface area (Å²) in [6, 6.07) is 16.9. The molecular weight excluding hydrogens is 490 g/mol. The van der Waals surface area contributed by atoms with Crippen molar-refractivity contribution < 1.29 is 17.9 Å². The number of sulfone groups is 1. The Hall–Kier alpha value is -2.95. The van der Waals surface area contributed by atoms with Gasteiger partial charge in [-0.1, -0.05) is 42.2 Å². The molecule has 2 aliphatic rings. The fourth-order valence-corrected chi connectivity index (χ4v) is 7.19. The van der Waals surface area contributed by atoms with Crippen molar-refractivity contribution in [3.05, 3.63) is 71.3 Å². The maximum Gasteiger partial charge on any atom is 0.266 e. The molecule has 0 radical (unpaired) electrons. The molecule has 0 bridgehead atoms. The molecule has 2 aliphatic heterocycles. The zero-order chi connectivity index (χ0) is 23.9. The van der Waals surface area contributed by atoms with Crippen LogP contribution in [0.3, 0.4) is 0 Å². The highest BCUT2D eigenvalue weighted by Gasteiger charge is 2.42. The second-order valence-electron chi connectivity index (χ2n) is 8.05. The zero-order valence-corrected chi connectivity index (χ0v) is 20.7. The summed E-state index contributed by atoms with van der Waals surface area (Å²) in [5.41, 5.74) is 3.23. The van der Waals surface area contributed by atoms with E-state index in [9.17, 15) is 13.2 Å². The van der Waals surface area contributed by atoms with Gasteiger partial charge in [0, 0.05) is 17.3 Å². The van der Waals surface area contributed by atoms with Crippen LogP contribution in [0.1, 0.15) is 12.0 Å². The highest BCUT2D eigenvalue weighted by atomic mass is 32.2. The summed E-state index contributed by atoms with van der Waals surface area (Å²) in [5, 5.41) is 4.79. The Morgan fingerprint density at radius 2 is 1.88 bits per heavy atom. The number of methoxy groups -OCH3 is 1. The number of thioether (sulfide) groups is 1. The monoisotopic (exact) mass is 511 g/mol. The molecule has 2 aromatic carbocycles. The van der Waals surface area contributed by atoms with Crippen LogP contribution >= 0.6 is 24.0 Å². The van der Waals surface area contributed by atoms with Crippen LogP contribution in [-0.2, 0) is 14.6 Å². The molecule has 1 aromatic heterocycles. The summed E-state index contributed by atoms with van der Waals surface area (Å²) in [4.78, 5) is 15.2. The highest BCUT2D eigenvalue weighted by Crippen LogP contribution is 2.37. The molecule has 0 N–H and O–H groups in total. The van der Waals surface area contributed by atoms with E-state index in [2.05, 4.69) is 0 Å². The number of thiocarbonyl (C=S) groups is 1. The second kappa shape index (κ2) is 9.01. The molecule has 1 unspecified atom stereocenters. The van der Waals surface area contributed by atoms with Crippen molar-refractivity contribution in [1.82, 2.24) is 14.7 Å². The van der Waals surface area contributed by atoms with E-state index >= 15 is 0 Å². The van der Waals surface area contributed by atoms with Crippen molar-refractivity contribution in [3.8, 4) is 22.7 Å². The van der Waals surface area contributed by atoms with Crippen LogP contribution in [0.5, 0.6) is 5.75 Å². The van der Waals surface area contributed by atoms with Gasteiger partial charge in [0.25, 0.3) is 5.91 Å². The highest BCUT2D eigenvalue weighted by molar-refractivity contribution is 8.26. The number of ether oxygens (including phenoxy) is 1. The maximum atomic E-state index is 13.2. The first-order chi connectivity index (χ1) is 16.3. The second-order valence-corrected chi connectivity index (χ2v) is 12.0. The van der Waals surface area contributed by atoms with E-state index in [0.29, 0.717) is 21.3 Å². The van der Waals surface area contributed by atoms with Crippen LogP contribution in [0, 0.1) is 0 Å². The topological polar surface area (TPSA) is 81.5 Å². The molecule has 3 aromatic rings. The predicted octanol–water partition coefficient (Wildman–Crippen LogP) is 3.94. The van der Waals surface area contributed by atoms with E-state index in [0.717, 1.165) is 22.6 Å². The number of nitrogens with zero attached hydrogens (tertiary/aromatic N) is 3. The van der Waals surface area contributed by atoms with Crippen molar-refractivity contribution in [1.29, 1.82) is 0 Å². The van der Waals surface area contributed by atoms with Crippen LogP contribution < -0.4 is 4.74 Å². The lowest BCUT2D eigenvalue weighted by Crippen LogP contribution is -2.39. The fourth-order valence-electron chi connectivity index (χ4n) is 4.09. The molecule has 34 heavy (non-hydrogen) atoms. The minimum absolute atomic E-state index is 0.0459. The van der Waals surface area contributed by atoms with E-state index in [1.165, 1.54) is 16.7 Å². The molecule has 174 valence electrons. The van der Waals surface area contributed by atoms with Gasteiger partial charge in [-0.2, -0.15) is 5.10 Å². The number of para-hydroxylation sites is 1. The van der Waals surface area contributed by atoms with Gasteiger partial charge in [-0.25, -0.2) is 13.1 Å². The molecule has 7 nitrogen and oxygen atoms in total. The van der Waals surface area contributed by atoms with Gasteiger partial charge in [0.15, 0.2) is 9.84 Å². The number of hydrogen-bond donors (Lipinski definition) is 0. The predicted molar refractivity (Wildman–Crippen MR) is 138 cm³/mol. The van der Waals surface area contributed by atoms with Crippen molar-refractivity contribution in [2.45, 2.75) is 12.5 Å². The third kappa shape index (κ3) is 4.40. The molecule has 2 fully saturated rings. The molecule has 0 saturated carbocycles. The molecule has 10 heteroatoms. The summed E-state index contributed by atoms with van der Waals surface area (Å²) in [5.74, 6) is 0.514. The Morgan fingerprint density at radius 3 is 2.53 bits per heavy atom. The van der Waals surface area contributed by atoms with Crippen LogP contribution in [-0.4, -0.2) is 58.0 Å². The SMILES string of the molecule is COc1ccc(-c2nn(-c3ccccc3)cc2C=C2SC(=S)N(C3CCS(=O)(=O)C3)C2=O)cc1. The number of amides is 1. The van der Waals surface area contributed by atoms with Crippen LogP contribution in [0.4, 0.5) is 0 Å². The van der Waals surface area contributed by atoms with Crippen molar-refractivity contribution >= 4 is 50.1 Å². The molecule has 3 heterocycles. The minimum atomic E-state index is -3.14. The first-order valence-electron chi connectivity index (χ1n) is 10.6. The molecule has 1 atom stereocenters. The fraction of sp³-hybridized carbons (Fsp3) is 0.208. The van der Waals surface area contributed by atoms with Crippen LogP contribution in [0.2, 0.25) is 0 Å². The quantitative estimate of drug-likeness (QED) is 0.379. The van der Waals surface area contributed by atoms with E-state index in [1.807, 2.05) is 60.8 Å². The molecule has 2 saturated heterocycles. The first kappa shape index (κ1) is 22.8. The number of aromatic nitrogens is 2. The largest absolute Gasteiger partial charge is 0.497 e. The van der Waals surface area contributed by atoms with Gasteiger partial charge in [-0.05, 0) is 48.9 Å². The molecule has 5 rings (SSSR count). The third-order valence-corrected chi connectivity index (χ3v) is 8.89. The summed E-state index contributed by atoms with van der Waals surface area (Å²) < 4.78 is 31.3. The molecule has 0 spiro atoms. The Balaban J connectivity index is 1.54. The van der Waals surface area contributed by atoms with Crippen molar-refractivity contribution in [2.75, 3.05) is 18.6 Å². The third-order valence-electron chi connectivity index (χ3n) is 5.81. The van der Waals surface area contributed by atoms with Gasteiger partial charge in [0.2, 0.25) is 0 Å². The van der Waals surface area contributed by atoms with Gasteiger partial charge < -0.3 is 4.74 Å². The number of benzene rings is 2. The standard InChI is InChI=1S/C24H21N3O4S3/c1-31-20-9-7-16(8-10-20)22-17(14-26(25-22)18-5-3-2-4-6-18)13-21-23(28)27(24(32)33-21)19-11-12-34(29,30)15-19/h2-10,13-14,19H,11-12,15H2,1H3. The Morgan fingerprint density at radius 1 is 1.15 bits per heavy atom. The number of hydrogen-bond acceptors (Lipinski definition) is 7. The first-order valence-corrected chi connectivity index (χ1v) is 13.7. The zero-order valence-electron chi connectivity index (χ0n) is 18.2. The summed E-state index contributed by atoms with van der Waals surface area (Å²) >= 11 is 6.65. The smallest absolute Gasteiger partial charge is 0.266 e. The number of rotatable bonds is 5. The van der Waals surface area contributed by atoms with E-state index in [4.69, 9.17) is 22.1 Å².